The number of hydrogen-bond donors (Lipinski definition) is 1. The van der Waals surface area contributed by atoms with E-state index < -0.39 is 0 Å². The molecule has 0 amide bonds. The molecule has 3 aliphatic rings. The lowest BCUT2D eigenvalue weighted by molar-refractivity contribution is 0.0814. The summed E-state index contributed by atoms with van der Waals surface area (Å²) in [5.74, 6) is 0.604. The van der Waals surface area contributed by atoms with Crippen LogP contribution in [0.3, 0.4) is 0 Å². The highest BCUT2D eigenvalue weighted by molar-refractivity contribution is 7.22. The molecule has 1 saturated carbocycles. The maximum atomic E-state index is 6.08. The quantitative estimate of drug-likeness (QED) is 0.507. The first-order valence-corrected chi connectivity index (χ1v) is 9.01. The van der Waals surface area contributed by atoms with Crippen LogP contribution in [0, 0.1) is 18.4 Å². The van der Waals surface area contributed by atoms with E-state index in [1.54, 1.807) is 6.20 Å². The normalized spacial score (nSPS) is 31.1. The topological polar surface area (TPSA) is 62.6 Å². The molecule has 2 aliphatic heterocycles. The zero-order chi connectivity index (χ0) is 16.3. The SMILES string of the molecule is C#CN=C(Nc1nc2ncc(Cl)cc2s1)O[C@H]1CN2CCC23CC13. The molecule has 3 atom stereocenters. The van der Waals surface area contributed by atoms with Gasteiger partial charge in [0.05, 0.1) is 9.72 Å². The highest BCUT2D eigenvalue weighted by Crippen LogP contribution is 2.63. The second-order valence-electron chi connectivity index (χ2n) is 6.43. The minimum Gasteiger partial charge on any atom is -0.459 e. The molecular weight excluding hydrogens is 346 g/mol. The zero-order valence-electron chi connectivity index (χ0n) is 12.7. The van der Waals surface area contributed by atoms with Crippen molar-refractivity contribution in [3.05, 3.63) is 17.3 Å². The first-order valence-electron chi connectivity index (χ1n) is 7.82. The lowest BCUT2D eigenvalue weighted by atomic mass is 10.0. The van der Waals surface area contributed by atoms with E-state index in [4.69, 9.17) is 22.8 Å². The van der Waals surface area contributed by atoms with Crippen LogP contribution >= 0.6 is 22.9 Å². The van der Waals surface area contributed by atoms with Crippen molar-refractivity contribution in [2.45, 2.75) is 24.5 Å². The number of amidine groups is 1. The Bertz CT molecular complexity index is 905. The molecule has 2 aromatic heterocycles. The van der Waals surface area contributed by atoms with Crippen molar-refractivity contribution in [1.82, 2.24) is 14.9 Å². The van der Waals surface area contributed by atoms with Gasteiger partial charge in [0.1, 0.15) is 6.10 Å². The van der Waals surface area contributed by atoms with E-state index >= 15 is 0 Å². The number of fused-ring (bicyclic) bond motifs is 1. The molecule has 2 aromatic rings. The first-order chi connectivity index (χ1) is 11.7. The summed E-state index contributed by atoms with van der Waals surface area (Å²) in [7, 11) is 0. The van der Waals surface area contributed by atoms with Gasteiger partial charge in [-0.2, -0.15) is 4.98 Å². The van der Waals surface area contributed by atoms with Gasteiger partial charge in [-0.05, 0) is 18.9 Å². The fraction of sp³-hybridized carbons (Fsp3) is 0.438. The van der Waals surface area contributed by atoms with Crippen molar-refractivity contribution in [2.24, 2.45) is 10.9 Å². The van der Waals surface area contributed by atoms with Crippen molar-refractivity contribution in [3.63, 3.8) is 0 Å². The molecule has 3 fully saturated rings. The van der Waals surface area contributed by atoms with E-state index in [0.29, 0.717) is 33.3 Å². The minimum absolute atomic E-state index is 0.147. The molecule has 122 valence electrons. The standard InChI is InChI=1S/C16H14ClN5OS/c1-2-18-14(23-11-8-22-4-3-16(22)6-10(11)16)21-15-20-13-12(24-15)5-9(17)7-19-13/h1,5,7,10-11H,3-4,6,8H2,(H,18,19,20,21)/t10?,11-,16?/m0/s1. The molecule has 0 aromatic carbocycles. The van der Waals surface area contributed by atoms with Gasteiger partial charge < -0.3 is 4.74 Å². The van der Waals surface area contributed by atoms with Crippen molar-refractivity contribution in [3.8, 4) is 12.5 Å². The molecule has 1 N–H and O–H groups in total. The highest BCUT2D eigenvalue weighted by atomic mass is 35.5. The number of hydrogen-bond acceptors (Lipinski definition) is 6. The number of piperidine rings is 1. The van der Waals surface area contributed by atoms with Crippen molar-refractivity contribution >= 4 is 44.4 Å². The molecule has 1 aliphatic carbocycles. The molecule has 0 bridgehead atoms. The van der Waals surface area contributed by atoms with Crippen LogP contribution in [-0.4, -0.2) is 45.6 Å². The number of ether oxygens (including phenoxy) is 1. The lowest BCUT2D eigenvalue weighted by Crippen LogP contribution is -2.48. The number of aliphatic imine (C=N–C) groups is 1. The minimum atomic E-state index is 0.147. The molecule has 2 saturated heterocycles. The summed E-state index contributed by atoms with van der Waals surface area (Å²) < 4.78 is 6.98. The molecule has 5 rings (SSSR count). The Labute approximate surface area is 147 Å². The second-order valence-corrected chi connectivity index (χ2v) is 7.90. The third-order valence-electron chi connectivity index (χ3n) is 5.25. The van der Waals surface area contributed by atoms with Crippen LogP contribution in [0.4, 0.5) is 5.13 Å². The molecule has 24 heavy (non-hydrogen) atoms. The van der Waals surface area contributed by atoms with Crippen LogP contribution in [0.2, 0.25) is 5.02 Å². The maximum Gasteiger partial charge on any atom is 0.305 e. The molecule has 4 heterocycles. The summed E-state index contributed by atoms with van der Waals surface area (Å²) in [6, 6.07) is 4.46. The van der Waals surface area contributed by atoms with E-state index in [9.17, 15) is 0 Å². The predicted molar refractivity (Wildman–Crippen MR) is 94.2 cm³/mol. The van der Waals surface area contributed by atoms with E-state index in [0.717, 1.165) is 11.2 Å². The molecule has 1 spiro atoms. The monoisotopic (exact) mass is 359 g/mol. The smallest absolute Gasteiger partial charge is 0.305 e. The maximum absolute atomic E-state index is 6.08. The van der Waals surface area contributed by atoms with Crippen molar-refractivity contribution < 1.29 is 4.74 Å². The number of rotatable bonds is 2. The van der Waals surface area contributed by atoms with Gasteiger partial charge in [0.25, 0.3) is 0 Å². The van der Waals surface area contributed by atoms with Crippen molar-refractivity contribution in [1.29, 1.82) is 0 Å². The van der Waals surface area contributed by atoms with Gasteiger partial charge in [0.2, 0.25) is 0 Å². The number of nitrogens with one attached hydrogen (secondary N) is 1. The summed E-state index contributed by atoms with van der Waals surface area (Å²) >= 11 is 7.40. The van der Waals surface area contributed by atoms with Gasteiger partial charge >= 0.3 is 6.02 Å². The van der Waals surface area contributed by atoms with Crippen molar-refractivity contribution in [2.75, 3.05) is 18.4 Å². The van der Waals surface area contributed by atoms with E-state index in [-0.39, 0.29) is 6.10 Å². The summed E-state index contributed by atoms with van der Waals surface area (Å²) in [6.07, 6.45) is 9.59. The molecule has 6 nitrogen and oxygen atoms in total. The Morgan fingerprint density at radius 3 is 3.21 bits per heavy atom. The number of pyridine rings is 1. The molecule has 0 radical (unpaired) electrons. The summed E-state index contributed by atoms with van der Waals surface area (Å²) in [4.78, 5) is 15.1. The Morgan fingerprint density at radius 1 is 1.62 bits per heavy atom. The van der Waals surface area contributed by atoms with E-state index in [1.807, 2.05) is 6.07 Å². The van der Waals surface area contributed by atoms with E-state index in [2.05, 4.69) is 31.2 Å². The molecule has 8 heteroatoms. The predicted octanol–water partition coefficient (Wildman–Crippen LogP) is 2.57. The number of aromatic nitrogens is 2. The van der Waals surface area contributed by atoms with Gasteiger partial charge in [-0.3, -0.25) is 10.2 Å². The fourth-order valence-electron chi connectivity index (χ4n) is 3.97. The van der Waals surface area contributed by atoms with Crippen LogP contribution in [-0.2, 0) is 4.74 Å². The van der Waals surface area contributed by atoms with Crippen LogP contribution in [0.1, 0.15) is 12.8 Å². The Kier molecular flexibility index (Phi) is 3.05. The van der Waals surface area contributed by atoms with Gasteiger partial charge in [0.15, 0.2) is 10.8 Å². The zero-order valence-corrected chi connectivity index (χ0v) is 14.3. The Balaban J connectivity index is 1.34. The number of anilines is 1. The highest BCUT2D eigenvalue weighted by Gasteiger charge is 2.71. The van der Waals surface area contributed by atoms with Gasteiger partial charge in [-0.25, -0.2) is 4.98 Å². The van der Waals surface area contributed by atoms with Crippen LogP contribution < -0.4 is 5.32 Å². The van der Waals surface area contributed by atoms with Crippen LogP contribution in [0.5, 0.6) is 0 Å². The number of thiazole rings is 1. The molecular formula is C16H14ClN5OS. The van der Waals surface area contributed by atoms with Crippen LogP contribution in [0.15, 0.2) is 17.3 Å². The Hall–Kier alpha value is -1.88. The number of halogens is 1. The van der Waals surface area contributed by atoms with Crippen LogP contribution in [0.25, 0.3) is 10.3 Å². The number of terminal acetylenes is 1. The first kappa shape index (κ1) is 14.5. The largest absolute Gasteiger partial charge is 0.459 e. The number of nitrogens with zero attached hydrogens (tertiary/aromatic N) is 4. The van der Waals surface area contributed by atoms with Gasteiger partial charge in [-0.15, -0.1) is 4.99 Å². The second kappa shape index (κ2) is 5.06. The summed E-state index contributed by atoms with van der Waals surface area (Å²) in [5, 5.41) is 4.32. The molecule has 2 unspecified atom stereocenters. The Morgan fingerprint density at radius 2 is 2.54 bits per heavy atom. The lowest BCUT2D eigenvalue weighted by Gasteiger charge is -2.38. The third-order valence-corrected chi connectivity index (χ3v) is 6.37. The average Bonchev–Trinajstić information content (AvgIpc) is 3.15. The fourth-order valence-corrected chi connectivity index (χ4v) is 5.05. The van der Waals surface area contributed by atoms with Gasteiger partial charge in [0, 0.05) is 36.8 Å². The third kappa shape index (κ3) is 2.10. The average molecular weight is 360 g/mol. The van der Waals surface area contributed by atoms with E-state index in [1.165, 1.54) is 30.7 Å². The summed E-state index contributed by atoms with van der Waals surface area (Å²) in [6.45, 7) is 2.13. The van der Waals surface area contributed by atoms with Gasteiger partial charge in [-0.1, -0.05) is 29.4 Å². The summed E-state index contributed by atoms with van der Waals surface area (Å²) in [5.41, 5.74) is 1.07.